The summed E-state index contributed by atoms with van der Waals surface area (Å²) in [5, 5.41) is 2.81. The number of amides is 1. The van der Waals surface area contributed by atoms with Crippen LogP contribution in [-0.2, 0) is 14.8 Å². The standard InChI is InChI=1S/C28H32N2O5S2/c1-3-34-27-11-7-6-10-26(27)30(37(32,33)25-18-16-24(36-2)17-19-25)20-28(31)29-21-12-14-23(15-13-21)35-22-8-4-5-9-22/h6-7,10-19,22H,3-5,8-9,20H2,1-2H3,(H,29,31). The van der Waals surface area contributed by atoms with Gasteiger partial charge in [0.05, 0.1) is 23.3 Å². The lowest BCUT2D eigenvalue weighted by Crippen LogP contribution is -2.38. The van der Waals surface area contributed by atoms with Crippen LogP contribution in [-0.4, -0.2) is 39.8 Å². The van der Waals surface area contributed by atoms with Crippen molar-refractivity contribution in [2.75, 3.05) is 29.0 Å². The minimum Gasteiger partial charge on any atom is -0.492 e. The molecule has 1 fully saturated rings. The van der Waals surface area contributed by atoms with Crippen molar-refractivity contribution in [1.82, 2.24) is 0 Å². The van der Waals surface area contributed by atoms with Gasteiger partial charge in [0, 0.05) is 10.6 Å². The summed E-state index contributed by atoms with van der Waals surface area (Å²) in [4.78, 5) is 14.2. The maximum absolute atomic E-state index is 13.8. The van der Waals surface area contributed by atoms with E-state index in [0.717, 1.165) is 27.8 Å². The Kier molecular flexibility index (Phi) is 9.00. The van der Waals surface area contributed by atoms with E-state index in [0.29, 0.717) is 23.7 Å². The minimum absolute atomic E-state index is 0.0952. The molecule has 3 aromatic rings. The number of nitrogens with zero attached hydrogens (tertiary/aromatic N) is 1. The summed E-state index contributed by atoms with van der Waals surface area (Å²) in [6.07, 6.45) is 6.66. The zero-order valence-electron chi connectivity index (χ0n) is 21.1. The van der Waals surface area contributed by atoms with E-state index >= 15 is 0 Å². The molecular weight excluding hydrogens is 508 g/mol. The van der Waals surface area contributed by atoms with Crippen LogP contribution in [0, 0.1) is 0 Å². The summed E-state index contributed by atoms with van der Waals surface area (Å²) >= 11 is 1.52. The lowest BCUT2D eigenvalue weighted by molar-refractivity contribution is -0.114. The van der Waals surface area contributed by atoms with Gasteiger partial charge in [0.1, 0.15) is 18.0 Å². The fraction of sp³-hybridized carbons (Fsp3) is 0.321. The molecule has 1 amide bonds. The van der Waals surface area contributed by atoms with Gasteiger partial charge in [-0.05, 0) is 99.5 Å². The van der Waals surface area contributed by atoms with Crippen molar-refractivity contribution in [2.24, 2.45) is 0 Å². The molecule has 4 rings (SSSR count). The van der Waals surface area contributed by atoms with Gasteiger partial charge >= 0.3 is 0 Å². The molecule has 0 saturated heterocycles. The molecule has 1 aliphatic rings. The molecule has 0 bridgehead atoms. The van der Waals surface area contributed by atoms with Crippen LogP contribution in [0.2, 0.25) is 0 Å². The zero-order chi connectivity index (χ0) is 26.3. The van der Waals surface area contributed by atoms with Gasteiger partial charge in [-0.2, -0.15) is 0 Å². The quantitative estimate of drug-likeness (QED) is 0.302. The third-order valence-electron chi connectivity index (χ3n) is 6.11. The molecule has 7 nitrogen and oxygen atoms in total. The highest BCUT2D eigenvalue weighted by atomic mass is 32.2. The van der Waals surface area contributed by atoms with Gasteiger partial charge in [-0.15, -0.1) is 11.8 Å². The Bertz CT molecular complexity index is 1290. The number of thioether (sulfide) groups is 1. The molecule has 0 spiro atoms. The highest BCUT2D eigenvalue weighted by Crippen LogP contribution is 2.33. The Morgan fingerprint density at radius 3 is 2.32 bits per heavy atom. The molecule has 1 aliphatic carbocycles. The monoisotopic (exact) mass is 540 g/mol. The molecule has 37 heavy (non-hydrogen) atoms. The Morgan fingerprint density at radius 1 is 1.00 bits per heavy atom. The molecule has 196 valence electrons. The molecule has 0 aromatic heterocycles. The molecule has 0 atom stereocenters. The SMILES string of the molecule is CCOc1ccccc1N(CC(=O)Nc1ccc(OC2CCCC2)cc1)S(=O)(=O)c1ccc(SC)cc1. The Balaban J connectivity index is 1.56. The van der Waals surface area contributed by atoms with Gasteiger partial charge in [-0.25, -0.2) is 8.42 Å². The largest absolute Gasteiger partial charge is 0.492 e. The number of carbonyl (C=O) groups is 1. The van der Waals surface area contributed by atoms with Crippen LogP contribution in [0.15, 0.2) is 82.6 Å². The molecular formula is C28H32N2O5S2. The van der Waals surface area contributed by atoms with Gasteiger partial charge < -0.3 is 14.8 Å². The summed E-state index contributed by atoms with van der Waals surface area (Å²) in [6, 6.07) is 20.6. The molecule has 0 unspecified atom stereocenters. The van der Waals surface area contributed by atoms with E-state index in [1.807, 2.05) is 25.3 Å². The van der Waals surface area contributed by atoms with Crippen molar-refractivity contribution < 1.29 is 22.7 Å². The number of hydrogen-bond donors (Lipinski definition) is 1. The predicted octanol–water partition coefficient (Wildman–Crippen LogP) is 5.96. The number of para-hydroxylation sites is 2. The summed E-state index contributed by atoms with van der Waals surface area (Å²) in [5.41, 5.74) is 0.859. The summed E-state index contributed by atoms with van der Waals surface area (Å²) in [6.45, 7) is 1.76. The second-order valence-corrected chi connectivity index (χ2v) is 11.4. The highest BCUT2D eigenvalue weighted by Gasteiger charge is 2.29. The fourth-order valence-corrected chi connectivity index (χ4v) is 6.10. The van der Waals surface area contributed by atoms with Crippen LogP contribution in [0.5, 0.6) is 11.5 Å². The molecule has 0 heterocycles. The summed E-state index contributed by atoms with van der Waals surface area (Å²) in [7, 11) is -4.06. The molecule has 3 aromatic carbocycles. The van der Waals surface area contributed by atoms with Gasteiger partial charge in [0.25, 0.3) is 10.0 Å². The van der Waals surface area contributed by atoms with Crippen LogP contribution < -0.4 is 19.1 Å². The molecule has 1 N–H and O–H groups in total. The van der Waals surface area contributed by atoms with Crippen molar-refractivity contribution in [2.45, 2.75) is 48.5 Å². The van der Waals surface area contributed by atoms with E-state index in [4.69, 9.17) is 9.47 Å². The minimum atomic E-state index is -4.06. The van der Waals surface area contributed by atoms with Crippen molar-refractivity contribution >= 4 is 39.1 Å². The van der Waals surface area contributed by atoms with Crippen LogP contribution in [0.25, 0.3) is 0 Å². The lowest BCUT2D eigenvalue weighted by atomic mass is 10.2. The van der Waals surface area contributed by atoms with E-state index in [2.05, 4.69) is 5.32 Å². The number of nitrogens with one attached hydrogen (secondary N) is 1. The van der Waals surface area contributed by atoms with Gasteiger partial charge in [-0.1, -0.05) is 12.1 Å². The smallest absolute Gasteiger partial charge is 0.264 e. The van der Waals surface area contributed by atoms with Crippen molar-refractivity contribution in [3.8, 4) is 11.5 Å². The summed E-state index contributed by atoms with van der Waals surface area (Å²) < 4.78 is 40.3. The summed E-state index contributed by atoms with van der Waals surface area (Å²) in [5.74, 6) is 0.670. The van der Waals surface area contributed by atoms with E-state index in [1.165, 1.54) is 24.6 Å². The molecule has 1 saturated carbocycles. The maximum Gasteiger partial charge on any atom is 0.264 e. The number of benzene rings is 3. The topological polar surface area (TPSA) is 84.9 Å². The van der Waals surface area contributed by atoms with Crippen molar-refractivity contribution in [1.29, 1.82) is 0 Å². The first-order chi connectivity index (χ1) is 17.9. The van der Waals surface area contributed by atoms with Crippen LogP contribution in [0.3, 0.4) is 0 Å². The fourth-order valence-electron chi connectivity index (χ4n) is 4.26. The number of ether oxygens (including phenoxy) is 2. The second-order valence-electron chi connectivity index (χ2n) is 8.68. The number of anilines is 2. The van der Waals surface area contributed by atoms with E-state index < -0.39 is 22.5 Å². The van der Waals surface area contributed by atoms with E-state index in [1.54, 1.807) is 60.7 Å². The van der Waals surface area contributed by atoms with Crippen molar-refractivity contribution in [3.63, 3.8) is 0 Å². The van der Waals surface area contributed by atoms with E-state index in [9.17, 15) is 13.2 Å². The predicted molar refractivity (Wildman–Crippen MR) is 148 cm³/mol. The average molecular weight is 541 g/mol. The van der Waals surface area contributed by atoms with Crippen LogP contribution in [0.4, 0.5) is 11.4 Å². The number of carbonyl (C=O) groups excluding carboxylic acids is 1. The van der Waals surface area contributed by atoms with Crippen LogP contribution >= 0.6 is 11.8 Å². The number of sulfonamides is 1. The third kappa shape index (κ3) is 6.78. The first kappa shape index (κ1) is 26.9. The molecule has 0 radical (unpaired) electrons. The van der Waals surface area contributed by atoms with Gasteiger partial charge in [-0.3, -0.25) is 9.10 Å². The van der Waals surface area contributed by atoms with E-state index in [-0.39, 0.29) is 11.0 Å². The van der Waals surface area contributed by atoms with Crippen molar-refractivity contribution in [3.05, 3.63) is 72.8 Å². The first-order valence-corrected chi connectivity index (χ1v) is 15.0. The number of rotatable bonds is 11. The average Bonchev–Trinajstić information content (AvgIpc) is 3.42. The second kappa shape index (κ2) is 12.4. The van der Waals surface area contributed by atoms with Gasteiger partial charge in [0.2, 0.25) is 5.91 Å². The Hall–Kier alpha value is -3.17. The zero-order valence-corrected chi connectivity index (χ0v) is 22.7. The number of hydrogen-bond acceptors (Lipinski definition) is 6. The third-order valence-corrected chi connectivity index (χ3v) is 8.63. The molecule has 0 aliphatic heterocycles. The Morgan fingerprint density at radius 2 is 1.68 bits per heavy atom. The Labute approximate surface area is 223 Å². The maximum atomic E-state index is 13.8. The lowest BCUT2D eigenvalue weighted by Gasteiger charge is -2.26. The van der Waals surface area contributed by atoms with Gasteiger partial charge in [0.15, 0.2) is 0 Å². The molecule has 9 heteroatoms. The highest BCUT2D eigenvalue weighted by molar-refractivity contribution is 7.98. The first-order valence-electron chi connectivity index (χ1n) is 12.4. The normalized spacial score (nSPS) is 13.8. The van der Waals surface area contributed by atoms with Crippen LogP contribution in [0.1, 0.15) is 32.6 Å².